The standard InChI is InChI=1S/C20H25F2N5/c1-4-14(2)19-15(3)10-27(24-19)16-5-6-18(23-9-16)26-11-17(12-26)25-8-7-20(21,22)13-25/h4-6,9-10,17H,7-8,11-13H2,1-3H3/b14-4+. The van der Waals surface area contributed by atoms with Crippen LogP contribution in [0.5, 0.6) is 0 Å². The first kappa shape index (κ1) is 18.1. The zero-order valence-electron chi connectivity index (χ0n) is 16.0. The van der Waals surface area contributed by atoms with Crippen molar-refractivity contribution in [1.29, 1.82) is 0 Å². The Balaban J connectivity index is 1.41. The molecule has 0 bridgehead atoms. The van der Waals surface area contributed by atoms with Crippen LogP contribution in [0, 0.1) is 6.92 Å². The average molecular weight is 373 g/mol. The van der Waals surface area contributed by atoms with Crippen molar-refractivity contribution in [3.05, 3.63) is 41.9 Å². The SMILES string of the molecule is C/C=C(\C)c1nn(-c2ccc(N3CC(N4CCC(F)(F)C4)C3)nc2)cc1C. The molecule has 7 heteroatoms. The number of aryl methyl sites for hydroxylation is 1. The molecule has 0 unspecified atom stereocenters. The van der Waals surface area contributed by atoms with Crippen LogP contribution in [0.1, 0.15) is 31.5 Å². The van der Waals surface area contributed by atoms with Gasteiger partial charge >= 0.3 is 0 Å². The van der Waals surface area contributed by atoms with E-state index in [0.717, 1.165) is 41.4 Å². The molecule has 2 saturated heterocycles. The molecular formula is C20H25F2N5. The summed E-state index contributed by atoms with van der Waals surface area (Å²) in [7, 11) is 0. The summed E-state index contributed by atoms with van der Waals surface area (Å²) in [6, 6.07) is 4.18. The Labute approximate surface area is 158 Å². The fourth-order valence-corrected chi connectivity index (χ4v) is 3.77. The lowest BCUT2D eigenvalue weighted by Gasteiger charge is -2.44. The van der Waals surface area contributed by atoms with E-state index in [4.69, 9.17) is 0 Å². The second-order valence-corrected chi connectivity index (χ2v) is 7.59. The summed E-state index contributed by atoms with van der Waals surface area (Å²) in [5.74, 6) is -1.64. The summed E-state index contributed by atoms with van der Waals surface area (Å²) in [6.07, 6.45) is 5.85. The van der Waals surface area contributed by atoms with Gasteiger partial charge in [0.05, 0.1) is 24.1 Å². The predicted octanol–water partition coefficient (Wildman–Crippen LogP) is 3.53. The number of aromatic nitrogens is 3. The summed E-state index contributed by atoms with van der Waals surface area (Å²) in [5.41, 5.74) is 4.18. The van der Waals surface area contributed by atoms with Crippen molar-refractivity contribution < 1.29 is 8.78 Å². The molecule has 0 radical (unpaired) electrons. The fourth-order valence-electron chi connectivity index (χ4n) is 3.77. The Bertz CT molecular complexity index is 850. The molecule has 5 nitrogen and oxygen atoms in total. The highest BCUT2D eigenvalue weighted by atomic mass is 19.3. The third kappa shape index (κ3) is 3.48. The highest BCUT2D eigenvalue weighted by Gasteiger charge is 2.44. The summed E-state index contributed by atoms with van der Waals surface area (Å²) in [6.45, 7) is 8.01. The number of pyridine rings is 1. The van der Waals surface area contributed by atoms with Crippen LogP contribution in [-0.4, -0.2) is 57.8 Å². The minimum atomic E-state index is -2.52. The van der Waals surface area contributed by atoms with E-state index in [1.165, 1.54) is 0 Å². The summed E-state index contributed by atoms with van der Waals surface area (Å²) in [5, 5.41) is 4.65. The minimum Gasteiger partial charge on any atom is -0.353 e. The Morgan fingerprint density at radius 2 is 2.07 bits per heavy atom. The molecule has 0 aliphatic carbocycles. The molecule has 2 aromatic rings. The van der Waals surface area contributed by atoms with Crippen molar-refractivity contribution in [3.63, 3.8) is 0 Å². The van der Waals surface area contributed by atoms with Crippen LogP contribution < -0.4 is 4.90 Å². The molecule has 0 atom stereocenters. The Kier molecular flexibility index (Phi) is 4.50. The molecule has 0 amide bonds. The predicted molar refractivity (Wildman–Crippen MR) is 103 cm³/mol. The molecule has 0 aromatic carbocycles. The molecule has 0 saturated carbocycles. The van der Waals surface area contributed by atoms with Gasteiger partial charge in [-0.15, -0.1) is 0 Å². The Morgan fingerprint density at radius 3 is 2.67 bits per heavy atom. The van der Waals surface area contributed by atoms with E-state index in [-0.39, 0.29) is 19.0 Å². The lowest BCUT2D eigenvalue weighted by molar-refractivity contribution is 0.00601. The molecule has 2 aromatic heterocycles. The van der Waals surface area contributed by atoms with Crippen LogP contribution in [0.4, 0.5) is 14.6 Å². The maximum absolute atomic E-state index is 13.4. The average Bonchev–Trinajstić information content (AvgIpc) is 3.16. The van der Waals surface area contributed by atoms with Crippen molar-refractivity contribution >= 4 is 11.4 Å². The molecule has 4 heterocycles. The normalized spacial score (nSPS) is 20.9. The van der Waals surface area contributed by atoms with Crippen LogP contribution in [-0.2, 0) is 0 Å². The van der Waals surface area contributed by atoms with Gasteiger partial charge in [0.25, 0.3) is 5.92 Å². The molecule has 2 aliphatic heterocycles. The molecule has 0 spiro atoms. The first-order chi connectivity index (χ1) is 12.9. The van der Waals surface area contributed by atoms with Gasteiger partial charge in [0.2, 0.25) is 0 Å². The van der Waals surface area contributed by atoms with Crippen LogP contribution >= 0.6 is 0 Å². The van der Waals surface area contributed by atoms with Crippen molar-refractivity contribution in [1.82, 2.24) is 19.7 Å². The van der Waals surface area contributed by atoms with E-state index in [9.17, 15) is 8.78 Å². The number of nitrogens with zero attached hydrogens (tertiary/aromatic N) is 5. The fraction of sp³-hybridized carbons (Fsp3) is 0.500. The number of likely N-dealkylation sites (tertiary alicyclic amines) is 1. The molecule has 4 rings (SSSR count). The number of rotatable bonds is 4. The molecule has 0 N–H and O–H groups in total. The van der Waals surface area contributed by atoms with Crippen LogP contribution in [0.2, 0.25) is 0 Å². The highest BCUT2D eigenvalue weighted by molar-refractivity contribution is 5.62. The van der Waals surface area contributed by atoms with E-state index in [0.29, 0.717) is 6.54 Å². The second kappa shape index (κ2) is 6.71. The van der Waals surface area contributed by atoms with Gasteiger partial charge in [-0.05, 0) is 44.0 Å². The first-order valence-electron chi connectivity index (χ1n) is 9.39. The third-order valence-corrected chi connectivity index (χ3v) is 5.60. The van der Waals surface area contributed by atoms with E-state index < -0.39 is 5.92 Å². The zero-order chi connectivity index (χ0) is 19.2. The van der Waals surface area contributed by atoms with Crippen molar-refractivity contribution in [2.24, 2.45) is 0 Å². The van der Waals surface area contributed by atoms with E-state index in [1.54, 1.807) is 0 Å². The van der Waals surface area contributed by atoms with E-state index >= 15 is 0 Å². The summed E-state index contributed by atoms with van der Waals surface area (Å²) >= 11 is 0. The first-order valence-corrected chi connectivity index (χ1v) is 9.39. The van der Waals surface area contributed by atoms with Gasteiger partial charge in [-0.2, -0.15) is 5.10 Å². The lowest BCUT2D eigenvalue weighted by Crippen LogP contribution is -2.59. The Hall–Kier alpha value is -2.28. The topological polar surface area (TPSA) is 37.2 Å². The number of hydrogen-bond donors (Lipinski definition) is 0. The lowest BCUT2D eigenvalue weighted by atomic mass is 10.1. The molecule has 2 fully saturated rings. The summed E-state index contributed by atoms with van der Waals surface area (Å²) in [4.78, 5) is 8.59. The van der Waals surface area contributed by atoms with Gasteiger partial charge in [-0.25, -0.2) is 18.4 Å². The quantitative estimate of drug-likeness (QED) is 0.822. The molecule has 2 aliphatic rings. The van der Waals surface area contributed by atoms with E-state index in [1.807, 2.05) is 41.0 Å². The van der Waals surface area contributed by atoms with Gasteiger partial charge < -0.3 is 4.90 Å². The largest absolute Gasteiger partial charge is 0.353 e. The number of halogens is 2. The van der Waals surface area contributed by atoms with Crippen LogP contribution in [0.25, 0.3) is 11.3 Å². The monoisotopic (exact) mass is 373 g/mol. The molecule has 144 valence electrons. The highest BCUT2D eigenvalue weighted by Crippen LogP contribution is 2.32. The summed E-state index contributed by atoms with van der Waals surface area (Å²) < 4.78 is 28.6. The number of anilines is 1. The van der Waals surface area contributed by atoms with Gasteiger partial charge in [0, 0.05) is 38.3 Å². The maximum atomic E-state index is 13.4. The molecular weight excluding hydrogens is 348 g/mol. The molecule has 27 heavy (non-hydrogen) atoms. The number of hydrogen-bond acceptors (Lipinski definition) is 4. The minimum absolute atomic E-state index is 0.0194. The van der Waals surface area contributed by atoms with Crippen molar-refractivity contribution in [2.45, 2.75) is 39.2 Å². The Morgan fingerprint density at radius 1 is 1.30 bits per heavy atom. The maximum Gasteiger partial charge on any atom is 0.261 e. The zero-order valence-corrected chi connectivity index (χ0v) is 16.0. The van der Waals surface area contributed by atoms with Crippen LogP contribution in [0.15, 0.2) is 30.6 Å². The van der Waals surface area contributed by atoms with E-state index in [2.05, 4.69) is 34.9 Å². The van der Waals surface area contributed by atoms with Gasteiger partial charge in [-0.1, -0.05) is 6.08 Å². The number of alkyl halides is 2. The van der Waals surface area contributed by atoms with Gasteiger partial charge in [-0.3, -0.25) is 4.90 Å². The second-order valence-electron chi connectivity index (χ2n) is 7.59. The van der Waals surface area contributed by atoms with Crippen LogP contribution in [0.3, 0.4) is 0 Å². The van der Waals surface area contributed by atoms with Gasteiger partial charge in [0.1, 0.15) is 5.82 Å². The third-order valence-electron chi connectivity index (χ3n) is 5.60. The smallest absolute Gasteiger partial charge is 0.261 e. The number of allylic oxidation sites excluding steroid dienone is 2. The van der Waals surface area contributed by atoms with Crippen molar-refractivity contribution in [3.8, 4) is 5.69 Å². The van der Waals surface area contributed by atoms with Gasteiger partial charge in [0.15, 0.2) is 0 Å². The van der Waals surface area contributed by atoms with Crippen molar-refractivity contribution in [2.75, 3.05) is 31.1 Å².